The summed E-state index contributed by atoms with van der Waals surface area (Å²) in [6, 6.07) is 0. The molecule has 0 aliphatic carbocycles. The maximum Gasteiger partial charge on any atom is 0.224 e. The third-order valence-electron chi connectivity index (χ3n) is 4.30. The van der Waals surface area contributed by atoms with Gasteiger partial charge in [0.15, 0.2) is 5.96 Å². The van der Waals surface area contributed by atoms with Crippen molar-refractivity contribution in [3.63, 3.8) is 0 Å². The third kappa shape index (κ3) is 5.16. The summed E-state index contributed by atoms with van der Waals surface area (Å²) in [4.78, 5) is 20.8. The van der Waals surface area contributed by atoms with Crippen LogP contribution in [0.25, 0.3) is 0 Å². The molecule has 0 bridgehead atoms. The molecule has 0 radical (unpaired) electrons. The number of rotatable bonds is 6. The van der Waals surface area contributed by atoms with E-state index in [0.717, 1.165) is 64.6 Å². The Morgan fingerprint density at radius 2 is 2.18 bits per heavy atom. The number of amides is 1. The largest absolute Gasteiger partial charge is 0.381 e. The number of likely N-dealkylation sites (tertiary alicyclic amines) is 1. The summed E-state index contributed by atoms with van der Waals surface area (Å²) in [5, 5.41) is 3.31. The highest BCUT2D eigenvalue weighted by Gasteiger charge is 2.20. The van der Waals surface area contributed by atoms with Gasteiger partial charge in [-0.05, 0) is 26.2 Å². The first-order valence-corrected chi connectivity index (χ1v) is 8.55. The Morgan fingerprint density at radius 1 is 1.41 bits per heavy atom. The molecule has 6 nitrogen and oxygen atoms in total. The fraction of sp³-hybridized carbons (Fsp3) is 0.875. The van der Waals surface area contributed by atoms with Crippen LogP contribution in [0.4, 0.5) is 0 Å². The second-order valence-corrected chi connectivity index (χ2v) is 6.18. The molecule has 1 atom stereocenters. The van der Waals surface area contributed by atoms with Crippen molar-refractivity contribution >= 4 is 11.9 Å². The van der Waals surface area contributed by atoms with Gasteiger partial charge in [-0.25, -0.2) is 0 Å². The molecule has 6 heteroatoms. The first kappa shape index (κ1) is 17.1. The minimum absolute atomic E-state index is 0.240. The lowest BCUT2D eigenvalue weighted by molar-refractivity contribution is -0.129. The fourth-order valence-electron chi connectivity index (χ4n) is 3.05. The van der Waals surface area contributed by atoms with E-state index in [1.54, 1.807) is 0 Å². The minimum Gasteiger partial charge on any atom is -0.381 e. The SMILES string of the molecule is CCNC(=NCCC(=O)N1CCCC1)N(C)CC1CCOC1. The number of carbonyl (C=O) groups excluding carboxylic acids is 1. The number of guanidine groups is 1. The van der Waals surface area contributed by atoms with Gasteiger partial charge < -0.3 is 19.9 Å². The van der Waals surface area contributed by atoms with Gasteiger partial charge in [-0.2, -0.15) is 0 Å². The molecule has 0 aromatic heterocycles. The standard InChI is InChI=1S/C16H30N4O2/c1-3-17-16(19(2)12-14-7-11-22-13-14)18-8-6-15(21)20-9-4-5-10-20/h14H,3-13H2,1-2H3,(H,17,18). The maximum atomic E-state index is 12.0. The van der Waals surface area contributed by atoms with Gasteiger partial charge >= 0.3 is 0 Å². The highest BCUT2D eigenvalue weighted by Crippen LogP contribution is 2.13. The van der Waals surface area contributed by atoms with Crippen molar-refractivity contribution in [1.82, 2.24) is 15.1 Å². The minimum atomic E-state index is 0.240. The molecule has 2 saturated heterocycles. The van der Waals surface area contributed by atoms with Crippen molar-refractivity contribution < 1.29 is 9.53 Å². The Balaban J connectivity index is 1.78. The molecule has 2 aliphatic heterocycles. The van der Waals surface area contributed by atoms with Crippen LogP contribution in [0.5, 0.6) is 0 Å². The van der Waals surface area contributed by atoms with E-state index in [9.17, 15) is 4.79 Å². The fourth-order valence-corrected chi connectivity index (χ4v) is 3.05. The van der Waals surface area contributed by atoms with Crippen LogP contribution < -0.4 is 5.32 Å². The van der Waals surface area contributed by atoms with Crippen molar-refractivity contribution in [2.24, 2.45) is 10.9 Å². The molecule has 0 saturated carbocycles. The monoisotopic (exact) mass is 310 g/mol. The number of hydrogen-bond donors (Lipinski definition) is 1. The van der Waals surface area contributed by atoms with Crippen LogP contribution in [-0.4, -0.2) is 74.7 Å². The van der Waals surface area contributed by atoms with Crippen molar-refractivity contribution in [2.45, 2.75) is 32.6 Å². The Bertz CT molecular complexity index is 374. The summed E-state index contributed by atoms with van der Waals surface area (Å²) in [5.74, 6) is 1.72. The second kappa shape index (κ2) is 8.98. The number of aliphatic imine (C=N–C) groups is 1. The first-order valence-electron chi connectivity index (χ1n) is 8.55. The molecular weight excluding hydrogens is 280 g/mol. The summed E-state index contributed by atoms with van der Waals surface area (Å²) in [6.07, 6.45) is 3.92. The molecule has 1 amide bonds. The molecule has 126 valence electrons. The Hall–Kier alpha value is -1.30. The number of ether oxygens (including phenoxy) is 1. The Kier molecular flexibility index (Phi) is 6.96. The lowest BCUT2D eigenvalue weighted by Gasteiger charge is -2.24. The van der Waals surface area contributed by atoms with Crippen LogP contribution in [-0.2, 0) is 9.53 Å². The summed E-state index contributed by atoms with van der Waals surface area (Å²) < 4.78 is 5.43. The number of carbonyl (C=O) groups is 1. The van der Waals surface area contributed by atoms with Gasteiger partial charge in [0.1, 0.15) is 0 Å². The van der Waals surface area contributed by atoms with E-state index < -0.39 is 0 Å². The predicted octanol–water partition coefficient (Wildman–Crippen LogP) is 0.933. The molecule has 2 fully saturated rings. The smallest absolute Gasteiger partial charge is 0.224 e. The van der Waals surface area contributed by atoms with Crippen molar-refractivity contribution in [3.8, 4) is 0 Å². The van der Waals surface area contributed by atoms with E-state index in [1.807, 2.05) is 4.90 Å². The average molecular weight is 310 g/mol. The van der Waals surface area contributed by atoms with Gasteiger partial charge in [0.05, 0.1) is 13.2 Å². The van der Waals surface area contributed by atoms with E-state index >= 15 is 0 Å². The van der Waals surface area contributed by atoms with Crippen molar-refractivity contribution in [1.29, 1.82) is 0 Å². The maximum absolute atomic E-state index is 12.0. The average Bonchev–Trinajstić information content (AvgIpc) is 3.19. The number of nitrogens with one attached hydrogen (secondary N) is 1. The molecule has 1 N–H and O–H groups in total. The van der Waals surface area contributed by atoms with Crippen molar-refractivity contribution in [2.75, 3.05) is 53.0 Å². The molecule has 22 heavy (non-hydrogen) atoms. The summed E-state index contributed by atoms with van der Waals surface area (Å²) in [6.45, 7) is 7.97. The van der Waals surface area contributed by atoms with Gasteiger partial charge in [-0.1, -0.05) is 0 Å². The van der Waals surface area contributed by atoms with E-state index in [4.69, 9.17) is 4.74 Å². The molecule has 0 aromatic rings. The van der Waals surface area contributed by atoms with E-state index in [1.165, 1.54) is 0 Å². The second-order valence-electron chi connectivity index (χ2n) is 6.18. The van der Waals surface area contributed by atoms with Crippen LogP contribution in [0, 0.1) is 5.92 Å². The summed E-state index contributed by atoms with van der Waals surface area (Å²) in [5.41, 5.74) is 0. The lowest BCUT2D eigenvalue weighted by atomic mass is 10.1. The first-order chi connectivity index (χ1) is 10.7. The van der Waals surface area contributed by atoms with Crippen LogP contribution in [0.2, 0.25) is 0 Å². The number of hydrogen-bond acceptors (Lipinski definition) is 3. The van der Waals surface area contributed by atoms with Gasteiger partial charge in [0.25, 0.3) is 0 Å². The summed E-state index contributed by atoms with van der Waals surface area (Å²) >= 11 is 0. The van der Waals surface area contributed by atoms with Crippen LogP contribution in [0.3, 0.4) is 0 Å². The molecular formula is C16H30N4O2. The summed E-state index contributed by atoms with van der Waals surface area (Å²) in [7, 11) is 2.06. The zero-order valence-corrected chi connectivity index (χ0v) is 14.0. The molecule has 0 spiro atoms. The zero-order valence-electron chi connectivity index (χ0n) is 14.0. The van der Waals surface area contributed by atoms with Crippen LogP contribution in [0.15, 0.2) is 4.99 Å². The van der Waals surface area contributed by atoms with Crippen molar-refractivity contribution in [3.05, 3.63) is 0 Å². The van der Waals surface area contributed by atoms with Gasteiger partial charge in [0, 0.05) is 52.2 Å². The topological polar surface area (TPSA) is 57.2 Å². The normalized spacial score (nSPS) is 22.2. The molecule has 2 aliphatic rings. The lowest BCUT2D eigenvalue weighted by Crippen LogP contribution is -2.41. The third-order valence-corrected chi connectivity index (χ3v) is 4.30. The van der Waals surface area contributed by atoms with E-state index in [-0.39, 0.29) is 5.91 Å². The molecule has 2 rings (SSSR count). The number of nitrogens with zero attached hydrogens (tertiary/aromatic N) is 3. The van der Waals surface area contributed by atoms with Crippen LogP contribution >= 0.6 is 0 Å². The van der Waals surface area contributed by atoms with Gasteiger partial charge in [-0.3, -0.25) is 9.79 Å². The molecule has 0 aromatic carbocycles. The molecule has 1 unspecified atom stereocenters. The highest BCUT2D eigenvalue weighted by molar-refractivity contribution is 5.80. The zero-order chi connectivity index (χ0) is 15.8. The van der Waals surface area contributed by atoms with Gasteiger partial charge in [-0.15, -0.1) is 0 Å². The van der Waals surface area contributed by atoms with E-state index in [2.05, 4.69) is 29.2 Å². The van der Waals surface area contributed by atoms with Gasteiger partial charge in [0.2, 0.25) is 5.91 Å². The quantitative estimate of drug-likeness (QED) is 0.586. The molecule has 2 heterocycles. The predicted molar refractivity (Wildman–Crippen MR) is 88.0 cm³/mol. The highest BCUT2D eigenvalue weighted by atomic mass is 16.5. The van der Waals surface area contributed by atoms with E-state index in [0.29, 0.717) is 18.9 Å². The Labute approximate surface area is 133 Å². The van der Waals surface area contributed by atoms with Crippen LogP contribution in [0.1, 0.15) is 32.6 Å². The Morgan fingerprint density at radius 3 is 2.82 bits per heavy atom.